The van der Waals surface area contributed by atoms with Crippen molar-refractivity contribution >= 4 is 6.09 Å². The molecule has 0 heterocycles. The molecule has 0 saturated carbocycles. The van der Waals surface area contributed by atoms with Crippen LogP contribution in [0.15, 0.2) is 24.3 Å². The van der Waals surface area contributed by atoms with Crippen LogP contribution in [-0.2, 0) is 0 Å². The zero-order valence-corrected chi connectivity index (χ0v) is 8.19. The Bertz CT molecular complexity index is 323. The SMILES string of the molecule is CC(C)Oc1ccccc1OC(N)=O. The minimum atomic E-state index is -0.843. The summed E-state index contributed by atoms with van der Waals surface area (Å²) in [5.41, 5.74) is 4.91. The van der Waals surface area contributed by atoms with E-state index in [2.05, 4.69) is 0 Å². The third-order valence-electron chi connectivity index (χ3n) is 1.42. The summed E-state index contributed by atoms with van der Waals surface area (Å²) in [6.07, 6.45) is -0.822. The molecule has 0 aliphatic carbocycles. The monoisotopic (exact) mass is 195 g/mol. The van der Waals surface area contributed by atoms with E-state index in [0.717, 1.165) is 0 Å². The summed E-state index contributed by atoms with van der Waals surface area (Å²) >= 11 is 0. The van der Waals surface area contributed by atoms with Gasteiger partial charge in [0.2, 0.25) is 0 Å². The minimum absolute atomic E-state index is 0.0210. The van der Waals surface area contributed by atoms with Gasteiger partial charge in [0.1, 0.15) is 0 Å². The molecule has 0 saturated heterocycles. The molecule has 1 aromatic carbocycles. The summed E-state index contributed by atoms with van der Waals surface area (Å²) in [6.45, 7) is 3.78. The van der Waals surface area contributed by atoms with Crippen LogP contribution in [0.2, 0.25) is 0 Å². The molecule has 0 aliphatic heterocycles. The van der Waals surface area contributed by atoms with Crippen LogP contribution >= 0.6 is 0 Å². The number of hydrogen-bond donors (Lipinski definition) is 1. The standard InChI is InChI=1S/C10H13NO3/c1-7(2)13-8-5-3-4-6-9(8)14-10(11)12/h3-7H,1-2H3,(H2,11,12). The number of rotatable bonds is 3. The van der Waals surface area contributed by atoms with Crippen molar-refractivity contribution in [3.8, 4) is 11.5 Å². The molecule has 0 spiro atoms. The Balaban J connectivity index is 2.85. The molecular formula is C10H13NO3. The van der Waals surface area contributed by atoms with E-state index in [9.17, 15) is 4.79 Å². The molecule has 0 aromatic heterocycles. The van der Waals surface area contributed by atoms with E-state index < -0.39 is 6.09 Å². The van der Waals surface area contributed by atoms with Crippen LogP contribution in [-0.4, -0.2) is 12.2 Å². The van der Waals surface area contributed by atoms with E-state index in [-0.39, 0.29) is 6.10 Å². The Labute approximate surface area is 82.6 Å². The predicted molar refractivity (Wildman–Crippen MR) is 52.4 cm³/mol. The lowest BCUT2D eigenvalue weighted by Gasteiger charge is -2.12. The van der Waals surface area contributed by atoms with E-state index >= 15 is 0 Å². The molecule has 1 rings (SSSR count). The van der Waals surface area contributed by atoms with Crippen molar-refractivity contribution in [2.45, 2.75) is 20.0 Å². The van der Waals surface area contributed by atoms with Gasteiger partial charge in [-0.1, -0.05) is 12.1 Å². The number of para-hydroxylation sites is 2. The molecule has 4 heteroatoms. The summed E-state index contributed by atoms with van der Waals surface area (Å²) in [5.74, 6) is 0.856. The van der Waals surface area contributed by atoms with Gasteiger partial charge in [-0.2, -0.15) is 0 Å². The number of benzene rings is 1. The summed E-state index contributed by atoms with van der Waals surface area (Å²) in [7, 11) is 0. The largest absolute Gasteiger partial charge is 0.487 e. The molecule has 76 valence electrons. The maximum absolute atomic E-state index is 10.6. The van der Waals surface area contributed by atoms with Gasteiger partial charge >= 0.3 is 6.09 Å². The molecular weight excluding hydrogens is 182 g/mol. The first kappa shape index (κ1) is 10.4. The number of amides is 1. The quantitative estimate of drug-likeness (QED) is 0.801. The van der Waals surface area contributed by atoms with E-state index in [4.69, 9.17) is 15.2 Å². The fourth-order valence-corrected chi connectivity index (χ4v) is 0.994. The van der Waals surface area contributed by atoms with Crippen molar-refractivity contribution in [3.05, 3.63) is 24.3 Å². The van der Waals surface area contributed by atoms with Gasteiger partial charge in [-0.3, -0.25) is 0 Å². The third-order valence-corrected chi connectivity index (χ3v) is 1.42. The first-order chi connectivity index (χ1) is 6.59. The molecule has 1 amide bonds. The van der Waals surface area contributed by atoms with E-state index in [1.165, 1.54) is 0 Å². The Hall–Kier alpha value is -1.71. The van der Waals surface area contributed by atoms with E-state index in [1.807, 2.05) is 13.8 Å². The highest BCUT2D eigenvalue weighted by molar-refractivity contribution is 5.69. The Morgan fingerprint density at radius 3 is 2.36 bits per heavy atom. The third kappa shape index (κ3) is 2.97. The van der Waals surface area contributed by atoms with Crippen LogP contribution in [0.3, 0.4) is 0 Å². The van der Waals surface area contributed by atoms with Gasteiger partial charge < -0.3 is 15.2 Å². The molecule has 14 heavy (non-hydrogen) atoms. The molecule has 0 radical (unpaired) electrons. The molecule has 4 nitrogen and oxygen atoms in total. The lowest BCUT2D eigenvalue weighted by Crippen LogP contribution is -2.17. The molecule has 0 atom stereocenters. The van der Waals surface area contributed by atoms with Crippen LogP contribution in [0.5, 0.6) is 11.5 Å². The Morgan fingerprint density at radius 1 is 1.29 bits per heavy atom. The van der Waals surface area contributed by atoms with Crippen LogP contribution in [0.25, 0.3) is 0 Å². The molecule has 0 bridgehead atoms. The van der Waals surface area contributed by atoms with Gasteiger partial charge in [0.25, 0.3) is 0 Å². The highest BCUT2D eigenvalue weighted by Gasteiger charge is 2.07. The Morgan fingerprint density at radius 2 is 1.86 bits per heavy atom. The van der Waals surface area contributed by atoms with Crippen molar-refractivity contribution in [3.63, 3.8) is 0 Å². The molecule has 0 aliphatic rings. The van der Waals surface area contributed by atoms with Gasteiger partial charge in [0.05, 0.1) is 6.10 Å². The van der Waals surface area contributed by atoms with Crippen LogP contribution in [0, 0.1) is 0 Å². The average molecular weight is 195 g/mol. The minimum Gasteiger partial charge on any atom is -0.487 e. The first-order valence-electron chi connectivity index (χ1n) is 4.32. The smallest absolute Gasteiger partial charge is 0.410 e. The second-order valence-electron chi connectivity index (χ2n) is 3.03. The topological polar surface area (TPSA) is 61.6 Å². The number of carbonyl (C=O) groups excluding carboxylic acids is 1. The second kappa shape index (κ2) is 4.50. The number of primary amides is 1. The van der Waals surface area contributed by atoms with Crippen molar-refractivity contribution in [1.29, 1.82) is 0 Å². The molecule has 0 fully saturated rings. The summed E-state index contributed by atoms with van der Waals surface area (Å²) in [5, 5.41) is 0. The van der Waals surface area contributed by atoms with Crippen LogP contribution in [0.4, 0.5) is 4.79 Å². The zero-order valence-electron chi connectivity index (χ0n) is 8.19. The number of hydrogen-bond acceptors (Lipinski definition) is 3. The highest BCUT2D eigenvalue weighted by Crippen LogP contribution is 2.27. The van der Waals surface area contributed by atoms with E-state index in [0.29, 0.717) is 11.5 Å². The van der Waals surface area contributed by atoms with Crippen LogP contribution < -0.4 is 15.2 Å². The Kier molecular flexibility index (Phi) is 3.34. The molecule has 1 aromatic rings. The van der Waals surface area contributed by atoms with Crippen molar-refractivity contribution < 1.29 is 14.3 Å². The lowest BCUT2D eigenvalue weighted by molar-refractivity contribution is 0.200. The lowest BCUT2D eigenvalue weighted by atomic mass is 10.3. The molecule has 0 unspecified atom stereocenters. The van der Waals surface area contributed by atoms with Gasteiger partial charge in [-0.15, -0.1) is 0 Å². The van der Waals surface area contributed by atoms with Crippen molar-refractivity contribution in [2.75, 3.05) is 0 Å². The number of ether oxygens (including phenoxy) is 2. The van der Waals surface area contributed by atoms with Gasteiger partial charge in [-0.25, -0.2) is 4.79 Å². The maximum atomic E-state index is 10.6. The summed E-state index contributed by atoms with van der Waals surface area (Å²) in [6, 6.07) is 6.89. The van der Waals surface area contributed by atoms with Crippen molar-refractivity contribution in [2.24, 2.45) is 5.73 Å². The normalized spacial score (nSPS) is 9.93. The van der Waals surface area contributed by atoms with Crippen molar-refractivity contribution in [1.82, 2.24) is 0 Å². The fraction of sp³-hybridized carbons (Fsp3) is 0.300. The average Bonchev–Trinajstić information content (AvgIpc) is 2.06. The first-order valence-corrected chi connectivity index (χ1v) is 4.32. The van der Waals surface area contributed by atoms with Gasteiger partial charge in [0.15, 0.2) is 11.5 Å². The van der Waals surface area contributed by atoms with Gasteiger partial charge in [0, 0.05) is 0 Å². The summed E-state index contributed by atoms with van der Waals surface area (Å²) in [4.78, 5) is 10.6. The summed E-state index contributed by atoms with van der Waals surface area (Å²) < 4.78 is 10.2. The number of nitrogens with two attached hydrogens (primary N) is 1. The molecule has 2 N–H and O–H groups in total. The zero-order chi connectivity index (χ0) is 10.6. The maximum Gasteiger partial charge on any atom is 0.410 e. The van der Waals surface area contributed by atoms with Gasteiger partial charge in [-0.05, 0) is 26.0 Å². The highest BCUT2D eigenvalue weighted by atomic mass is 16.6. The van der Waals surface area contributed by atoms with Crippen LogP contribution in [0.1, 0.15) is 13.8 Å². The fourth-order valence-electron chi connectivity index (χ4n) is 0.994. The second-order valence-corrected chi connectivity index (χ2v) is 3.03. The number of carbonyl (C=O) groups is 1. The van der Waals surface area contributed by atoms with E-state index in [1.54, 1.807) is 24.3 Å². The predicted octanol–water partition coefficient (Wildman–Crippen LogP) is 1.93.